The van der Waals surface area contributed by atoms with Gasteiger partial charge in [-0.2, -0.15) is 0 Å². The van der Waals surface area contributed by atoms with Crippen molar-refractivity contribution in [3.63, 3.8) is 0 Å². The zero-order valence-electron chi connectivity index (χ0n) is 21.2. The molecule has 0 unspecified atom stereocenters. The van der Waals surface area contributed by atoms with Crippen molar-refractivity contribution in [1.82, 2.24) is 4.90 Å². The molecule has 8 heteroatoms. The lowest BCUT2D eigenvalue weighted by Gasteiger charge is -2.42. The molecule has 0 aromatic heterocycles. The zero-order valence-corrected chi connectivity index (χ0v) is 22.8. The van der Waals surface area contributed by atoms with Crippen LogP contribution in [0.1, 0.15) is 35.4 Å². The average Bonchev–Trinajstić information content (AvgIpc) is 3.16. The van der Waals surface area contributed by atoms with Crippen LogP contribution in [0, 0.1) is 24.7 Å². The number of benzene rings is 2. The van der Waals surface area contributed by atoms with Crippen molar-refractivity contribution in [2.75, 3.05) is 6.54 Å². The fourth-order valence-electron chi connectivity index (χ4n) is 6.63. The Morgan fingerprint density at radius 1 is 0.974 bits per heavy atom. The standard InChI is InChI=1S/C31H26BrNO6/c1-15-12-17(4-9-24(15)35)26-19-7-8-20-27(21(19)13-22-28(26)25(36)14-23(32)29(22)37)31(39)33(30(20)38)11-10-16-2-5-18(34)6-3-16/h2-7,9,12,14,20-21,26-27,34-35H,8,10-11,13H2,1H3/t20-,21+,26-,27-/m0/s1. The molecule has 2 aromatic carbocycles. The van der Waals surface area contributed by atoms with Gasteiger partial charge in [-0.15, -0.1) is 0 Å². The molecule has 3 aliphatic carbocycles. The van der Waals surface area contributed by atoms with Gasteiger partial charge >= 0.3 is 0 Å². The van der Waals surface area contributed by atoms with Crippen LogP contribution in [0.15, 0.2) is 75.8 Å². The van der Waals surface area contributed by atoms with E-state index in [9.17, 15) is 29.4 Å². The van der Waals surface area contributed by atoms with Crippen LogP contribution >= 0.6 is 15.9 Å². The Morgan fingerprint density at radius 2 is 1.72 bits per heavy atom. The lowest BCUT2D eigenvalue weighted by atomic mass is 9.59. The topological polar surface area (TPSA) is 112 Å². The van der Waals surface area contributed by atoms with Crippen LogP contribution < -0.4 is 0 Å². The molecule has 1 fully saturated rings. The van der Waals surface area contributed by atoms with Crippen LogP contribution in [-0.4, -0.2) is 45.0 Å². The Bertz CT molecular complexity index is 1550. The Labute approximate surface area is 233 Å². The minimum absolute atomic E-state index is 0.132. The quantitative estimate of drug-likeness (QED) is 0.311. The molecule has 6 rings (SSSR count). The number of nitrogens with zero attached hydrogens (tertiary/aromatic N) is 1. The predicted octanol–water partition coefficient (Wildman–Crippen LogP) is 4.41. The molecule has 39 heavy (non-hydrogen) atoms. The third kappa shape index (κ3) is 4.09. The number of ketones is 2. The number of carbonyl (C=O) groups excluding carboxylic acids is 4. The van der Waals surface area contributed by atoms with E-state index in [0.29, 0.717) is 29.6 Å². The fraction of sp³-hybridized carbons (Fsp3) is 0.290. The van der Waals surface area contributed by atoms with Gasteiger partial charge in [-0.05, 0) is 82.9 Å². The molecular weight excluding hydrogens is 562 g/mol. The Morgan fingerprint density at radius 3 is 2.44 bits per heavy atom. The largest absolute Gasteiger partial charge is 0.508 e. The van der Waals surface area contributed by atoms with Gasteiger partial charge in [-0.3, -0.25) is 24.1 Å². The summed E-state index contributed by atoms with van der Waals surface area (Å²) in [6.07, 6.45) is 4.37. The number of allylic oxidation sites excluding steroid dienone is 6. The molecule has 1 heterocycles. The number of phenolic OH excluding ortho intramolecular Hbond substituents is 2. The summed E-state index contributed by atoms with van der Waals surface area (Å²) in [5, 5.41) is 19.7. The highest BCUT2D eigenvalue weighted by atomic mass is 79.9. The van der Waals surface area contributed by atoms with Gasteiger partial charge in [0, 0.05) is 29.7 Å². The van der Waals surface area contributed by atoms with Crippen molar-refractivity contribution in [2.45, 2.75) is 32.1 Å². The van der Waals surface area contributed by atoms with E-state index in [1.54, 1.807) is 43.3 Å². The highest BCUT2D eigenvalue weighted by Crippen LogP contribution is 2.55. The van der Waals surface area contributed by atoms with E-state index in [1.165, 1.54) is 11.0 Å². The molecule has 198 valence electrons. The predicted molar refractivity (Wildman–Crippen MR) is 146 cm³/mol. The molecule has 0 bridgehead atoms. The Kier molecular flexibility index (Phi) is 6.18. The second-order valence-corrected chi connectivity index (χ2v) is 11.5. The van der Waals surface area contributed by atoms with Crippen molar-refractivity contribution < 1.29 is 29.4 Å². The van der Waals surface area contributed by atoms with E-state index < -0.39 is 23.7 Å². The minimum atomic E-state index is -0.611. The first-order valence-electron chi connectivity index (χ1n) is 13.0. The van der Waals surface area contributed by atoms with Gasteiger partial charge in [-0.1, -0.05) is 35.9 Å². The van der Waals surface area contributed by atoms with Crippen molar-refractivity contribution in [1.29, 1.82) is 0 Å². The number of carbonyl (C=O) groups is 4. The second kappa shape index (κ2) is 9.45. The number of phenols is 2. The first-order chi connectivity index (χ1) is 18.7. The maximum absolute atomic E-state index is 13.8. The molecular formula is C31H26BrNO6. The van der Waals surface area contributed by atoms with E-state index in [0.717, 1.165) is 16.7 Å². The van der Waals surface area contributed by atoms with Gasteiger partial charge in [0.1, 0.15) is 11.5 Å². The van der Waals surface area contributed by atoms with Crippen molar-refractivity contribution in [3.05, 3.63) is 92.5 Å². The van der Waals surface area contributed by atoms with Crippen molar-refractivity contribution >= 4 is 39.3 Å². The zero-order chi connectivity index (χ0) is 27.6. The monoisotopic (exact) mass is 587 g/mol. The Balaban J connectivity index is 1.38. The van der Waals surface area contributed by atoms with Crippen LogP contribution in [0.3, 0.4) is 0 Å². The molecule has 0 saturated carbocycles. The van der Waals surface area contributed by atoms with Crippen LogP contribution in [0.4, 0.5) is 0 Å². The first-order valence-corrected chi connectivity index (χ1v) is 13.8. The van der Waals surface area contributed by atoms with Gasteiger partial charge in [-0.25, -0.2) is 0 Å². The maximum atomic E-state index is 13.8. The number of hydrogen-bond acceptors (Lipinski definition) is 6. The summed E-state index contributed by atoms with van der Waals surface area (Å²) in [4.78, 5) is 55.2. The van der Waals surface area contributed by atoms with Gasteiger partial charge in [0.15, 0.2) is 11.6 Å². The second-order valence-electron chi connectivity index (χ2n) is 10.7. The van der Waals surface area contributed by atoms with Crippen LogP contribution in [0.25, 0.3) is 0 Å². The fourth-order valence-corrected chi connectivity index (χ4v) is 7.08. The molecule has 2 N–H and O–H groups in total. The number of halogens is 1. The number of rotatable bonds is 4. The van der Waals surface area contributed by atoms with E-state index in [1.807, 2.05) is 12.1 Å². The summed E-state index contributed by atoms with van der Waals surface area (Å²) in [5.74, 6) is -2.75. The number of amides is 2. The number of imide groups is 1. The smallest absolute Gasteiger partial charge is 0.233 e. The van der Waals surface area contributed by atoms with Gasteiger partial charge in [0.25, 0.3) is 0 Å². The summed E-state index contributed by atoms with van der Waals surface area (Å²) in [6.45, 7) is 2.01. The molecule has 1 aliphatic heterocycles. The number of fused-ring (bicyclic) bond motifs is 3. The van der Waals surface area contributed by atoms with E-state index >= 15 is 0 Å². The summed E-state index contributed by atoms with van der Waals surface area (Å²) < 4.78 is 0.191. The third-order valence-corrected chi connectivity index (χ3v) is 9.13. The lowest BCUT2D eigenvalue weighted by Crippen LogP contribution is -2.39. The van der Waals surface area contributed by atoms with Crippen LogP contribution in [0.5, 0.6) is 11.5 Å². The molecule has 7 nitrogen and oxygen atoms in total. The van der Waals surface area contributed by atoms with Gasteiger partial charge in [0.05, 0.1) is 16.3 Å². The molecule has 4 atom stereocenters. The highest BCUT2D eigenvalue weighted by Gasteiger charge is 2.56. The number of likely N-dealkylation sites (tertiary alicyclic amines) is 1. The number of aryl methyl sites for hydroxylation is 1. The Hall–Kier alpha value is -3.78. The molecule has 0 spiro atoms. The summed E-state index contributed by atoms with van der Waals surface area (Å²) >= 11 is 3.24. The molecule has 1 saturated heterocycles. The van der Waals surface area contributed by atoms with E-state index in [4.69, 9.17) is 0 Å². The van der Waals surface area contributed by atoms with Crippen molar-refractivity contribution in [2.24, 2.45) is 17.8 Å². The number of hydrogen-bond donors (Lipinski definition) is 2. The van der Waals surface area contributed by atoms with Gasteiger partial charge in [0.2, 0.25) is 11.8 Å². The van der Waals surface area contributed by atoms with Crippen LogP contribution in [0.2, 0.25) is 0 Å². The van der Waals surface area contributed by atoms with Gasteiger partial charge < -0.3 is 10.2 Å². The molecule has 4 aliphatic rings. The molecule has 2 amide bonds. The normalized spacial score (nSPS) is 26.3. The summed E-state index contributed by atoms with van der Waals surface area (Å²) in [7, 11) is 0. The third-order valence-electron chi connectivity index (χ3n) is 8.54. The number of aromatic hydroxyl groups is 2. The van der Waals surface area contributed by atoms with E-state index in [2.05, 4.69) is 15.9 Å². The first kappa shape index (κ1) is 25.5. The molecule has 0 radical (unpaired) electrons. The SMILES string of the molecule is Cc1cc([C@H]2C3=CC[C@@H]4C(=O)N(CCc5ccc(O)cc5)C(=O)[C@@H]4[C@@H]3CC3=C2C(=O)C=C(Br)C3=O)ccc1O. The van der Waals surface area contributed by atoms with E-state index in [-0.39, 0.29) is 52.3 Å². The number of Topliss-reactive ketones (excluding diaryl/α,β-unsaturated/α-hetero) is 1. The summed E-state index contributed by atoms with van der Waals surface area (Å²) in [6, 6.07) is 11.8. The maximum Gasteiger partial charge on any atom is 0.233 e. The van der Waals surface area contributed by atoms with Crippen molar-refractivity contribution in [3.8, 4) is 11.5 Å². The average molecular weight is 588 g/mol. The summed E-state index contributed by atoms with van der Waals surface area (Å²) in [5.41, 5.74) is 3.99. The minimum Gasteiger partial charge on any atom is -0.508 e. The molecule has 2 aromatic rings. The highest BCUT2D eigenvalue weighted by molar-refractivity contribution is 9.12. The lowest BCUT2D eigenvalue weighted by molar-refractivity contribution is -0.140. The van der Waals surface area contributed by atoms with Crippen LogP contribution in [-0.2, 0) is 25.6 Å².